The third-order valence-corrected chi connectivity index (χ3v) is 4.55. The molecule has 0 amide bonds. The van der Waals surface area contributed by atoms with Crippen molar-refractivity contribution in [2.45, 2.75) is 55.7 Å². The molecule has 32 heavy (non-hydrogen) atoms. The Kier molecular flexibility index (Phi) is 8.20. The maximum Gasteiger partial charge on any atom is 0.459 e. The van der Waals surface area contributed by atoms with Crippen molar-refractivity contribution >= 4 is 5.97 Å². The maximum absolute atomic E-state index is 14.4. The highest BCUT2D eigenvalue weighted by Gasteiger charge is 2.80. The first-order valence-electron chi connectivity index (χ1n) is 8.80. The number of rotatable bonds is 9. The number of alkyl halides is 11. The molecule has 0 saturated heterocycles. The summed E-state index contributed by atoms with van der Waals surface area (Å²) < 4.78 is 150. The maximum atomic E-state index is 14.4. The standard InChI is InChI=1S/C18H17F11O3/c1-2-32-13(30)14(31,9-8-10-6-4-3-5-7-10)11(16(22,23)24)12(19)15(20,21)17(25,26)18(27,28)29/h3-7,11-12,31H,2,8-9H2,1H3. The van der Waals surface area contributed by atoms with Crippen molar-refractivity contribution in [3.63, 3.8) is 0 Å². The van der Waals surface area contributed by atoms with Crippen LogP contribution in [0.2, 0.25) is 0 Å². The van der Waals surface area contributed by atoms with E-state index in [2.05, 4.69) is 4.74 Å². The van der Waals surface area contributed by atoms with Gasteiger partial charge >= 0.3 is 30.2 Å². The molecule has 14 heteroatoms. The molecule has 0 aliphatic carbocycles. The lowest BCUT2D eigenvalue weighted by molar-refractivity contribution is -0.380. The van der Waals surface area contributed by atoms with Crippen LogP contribution >= 0.6 is 0 Å². The fraction of sp³-hybridized carbons (Fsp3) is 0.611. The summed E-state index contributed by atoms with van der Waals surface area (Å²) in [4.78, 5) is 12.1. The fourth-order valence-electron chi connectivity index (χ4n) is 2.87. The lowest BCUT2D eigenvalue weighted by atomic mass is 9.76. The molecule has 1 rings (SSSR count). The number of halogens is 11. The minimum atomic E-state index is -7.25. The van der Waals surface area contributed by atoms with Gasteiger partial charge in [-0.15, -0.1) is 0 Å². The second-order valence-electron chi connectivity index (χ2n) is 6.75. The highest BCUT2D eigenvalue weighted by molar-refractivity contribution is 5.80. The number of aliphatic hydroxyl groups is 1. The monoisotopic (exact) mass is 490 g/mol. The minimum absolute atomic E-state index is 0.110. The van der Waals surface area contributed by atoms with E-state index in [0.29, 0.717) is 0 Å². The van der Waals surface area contributed by atoms with Crippen LogP contribution in [0.25, 0.3) is 0 Å². The Morgan fingerprint density at radius 2 is 1.47 bits per heavy atom. The lowest BCUT2D eigenvalue weighted by Crippen LogP contribution is -2.65. The van der Waals surface area contributed by atoms with Crippen molar-refractivity contribution in [1.82, 2.24) is 0 Å². The van der Waals surface area contributed by atoms with E-state index in [-0.39, 0.29) is 5.56 Å². The van der Waals surface area contributed by atoms with E-state index >= 15 is 0 Å². The van der Waals surface area contributed by atoms with Crippen LogP contribution in [-0.4, -0.2) is 53.7 Å². The van der Waals surface area contributed by atoms with Crippen molar-refractivity contribution < 1.29 is 62.9 Å². The molecule has 3 nitrogen and oxygen atoms in total. The van der Waals surface area contributed by atoms with Gasteiger partial charge < -0.3 is 9.84 Å². The molecule has 1 aromatic carbocycles. The Hall–Kier alpha value is -2.12. The van der Waals surface area contributed by atoms with Gasteiger partial charge in [-0.3, -0.25) is 0 Å². The van der Waals surface area contributed by atoms with Gasteiger partial charge in [-0.1, -0.05) is 30.3 Å². The Morgan fingerprint density at radius 3 is 1.88 bits per heavy atom. The topological polar surface area (TPSA) is 46.5 Å². The summed E-state index contributed by atoms with van der Waals surface area (Å²) in [7, 11) is 0. The molecule has 1 aromatic rings. The molecule has 0 aliphatic heterocycles. The molecule has 0 aliphatic rings. The SMILES string of the molecule is CCOC(=O)C(O)(CCc1ccccc1)C(C(F)C(F)(F)C(F)(F)C(F)(F)F)C(F)(F)F. The first-order chi connectivity index (χ1) is 14.3. The van der Waals surface area contributed by atoms with Crippen LogP contribution in [-0.2, 0) is 16.0 Å². The molecular weight excluding hydrogens is 473 g/mol. The number of hydrogen-bond acceptors (Lipinski definition) is 3. The summed E-state index contributed by atoms with van der Waals surface area (Å²) in [6.07, 6.45) is -21.0. The average molecular weight is 490 g/mol. The van der Waals surface area contributed by atoms with Gasteiger partial charge in [0.1, 0.15) is 5.92 Å². The number of esters is 1. The highest BCUT2D eigenvalue weighted by Crippen LogP contribution is 2.54. The summed E-state index contributed by atoms with van der Waals surface area (Å²) in [5.41, 5.74) is -4.15. The number of carbonyl (C=O) groups is 1. The van der Waals surface area contributed by atoms with E-state index in [1.54, 1.807) is 0 Å². The van der Waals surface area contributed by atoms with E-state index in [1.807, 2.05) is 0 Å². The molecular formula is C18H17F11O3. The summed E-state index contributed by atoms with van der Waals surface area (Å²) in [5, 5.41) is 10.4. The van der Waals surface area contributed by atoms with Crippen molar-refractivity contribution in [2.24, 2.45) is 5.92 Å². The molecule has 3 atom stereocenters. The minimum Gasteiger partial charge on any atom is -0.464 e. The van der Waals surface area contributed by atoms with Crippen LogP contribution in [0, 0.1) is 5.92 Å². The molecule has 0 heterocycles. The van der Waals surface area contributed by atoms with E-state index in [0.717, 1.165) is 6.92 Å². The number of ether oxygens (including phenoxy) is 1. The van der Waals surface area contributed by atoms with Gasteiger partial charge in [0.25, 0.3) is 0 Å². The van der Waals surface area contributed by atoms with Gasteiger partial charge in [0, 0.05) is 0 Å². The van der Waals surface area contributed by atoms with E-state index in [1.165, 1.54) is 30.3 Å². The Morgan fingerprint density at radius 1 is 0.969 bits per heavy atom. The van der Waals surface area contributed by atoms with Crippen LogP contribution in [0.5, 0.6) is 0 Å². The van der Waals surface area contributed by atoms with Crippen LogP contribution in [0.1, 0.15) is 18.9 Å². The normalized spacial score (nSPS) is 17.4. The Labute approximate surface area is 174 Å². The predicted octanol–water partition coefficient (Wildman–Crippen LogP) is 5.26. The summed E-state index contributed by atoms with van der Waals surface area (Å²) >= 11 is 0. The molecule has 0 aromatic heterocycles. The first kappa shape index (κ1) is 27.9. The first-order valence-corrected chi connectivity index (χ1v) is 8.80. The van der Waals surface area contributed by atoms with E-state index in [4.69, 9.17) is 0 Å². The van der Waals surface area contributed by atoms with Crippen molar-refractivity contribution in [2.75, 3.05) is 6.61 Å². The lowest BCUT2D eigenvalue weighted by Gasteiger charge is -2.40. The summed E-state index contributed by atoms with van der Waals surface area (Å²) in [5.74, 6) is -21.2. The quantitative estimate of drug-likeness (QED) is 0.380. The molecule has 0 radical (unpaired) electrons. The molecule has 0 bridgehead atoms. The van der Waals surface area contributed by atoms with E-state index < -0.39 is 67.3 Å². The van der Waals surface area contributed by atoms with Gasteiger partial charge in [-0.2, -0.15) is 43.9 Å². The highest BCUT2D eigenvalue weighted by atomic mass is 19.4. The zero-order chi connectivity index (χ0) is 25.2. The van der Waals surface area contributed by atoms with E-state index in [9.17, 15) is 58.2 Å². The number of hydrogen-bond donors (Lipinski definition) is 1. The average Bonchev–Trinajstić information content (AvgIpc) is 2.65. The number of carbonyl (C=O) groups excluding carboxylic acids is 1. The zero-order valence-electron chi connectivity index (χ0n) is 16.1. The number of aryl methyl sites for hydroxylation is 1. The third-order valence-electron chi connectivity index (χ3n) is 4.55. The second-order valence-corrected chi connectivity index (χ2v) is 6.75. The molecule has 1 N–H and O–H groups in total. The van der Waals surface area contributed by atoms with Crippen LogP contribution in [0.3, 0.4) is 0 Å². The van der Waals surface area contributed by atoms with Crippen LogP contribution in [0.4, 0.5) is 48.3 Å². The molecule has 3 unspecified atom stereocenters. The molecule has 184 valence electrons. The van der Waals surface area contributed by atoms with Gasteiger partial charge in [-0.25, -0.2) is 9.18 Å². The van der Waals surface area contributed by atoms with Crippen LogP contribution in [0.15, 0.2) is 30.3 Å². The van der Waals surface area contributed by atoms with Crippen molar-refractivity contribution in [3.8, 4) is 0 Å². The molecule has 0 spiro atoms. The third kappa shape index (κ3) is 5.44. The molecule has 0 fully saturated rings. The van der Waals surface area contributed by atoms with Crippen molar-refractivity contribution in [1.29, 1.82) is 0 Å². The second kappa shape index (κ2) is 9.40. The summed E-state index contributed by atoms with van der Waals surface area (Å²) in [6, 6.07) is 6.68. The predicted molar refractivity (Wildman–Crippen MR) is 86.7 cm³/mol. The largest absolute Gasteiger partial charge is 0.464 e. The zero-order valence-corrected chi connectivity index (χ0v) is 16.1. The number of benzene rings is 1. The smallest absolute Gasteiger partial charge is 0.459 e. The van der Waals surface area contributed by atoms with Gasteiger partial charge in [0.05, 0.1) is 6.61 Å². The Balaban J connectivity index is 3.57. The molecule has 0 saturated carbocycles. The Bertz CT molecular complexity index is 762. The fourth-order valence-corrected chi connectivity index (χ4v) is 2.87. The van der Waals surface area contributed by atoms with Crippen LogP contribution < -0.4 is 0 Å². The van der Waals surface area contributed by atoms with Gasteiger partial charge in [0.2, 0.25) is 0 Å². The van der Waals surface area contributed by atoms with Gasteiger partial charge in [-0.05, 0) is 25.3 Å². The van der Waals surface area contributed by atoms with Crippen molar-refractivity contribution in [3.05, 3.63) is 35.9 Å². The summed E-state index contributed by atoms with van der Waals surface area (Å²) in [6.45, 7) is 0.264. The van der Waals surface area contributed by atoms with Gasteiger partial charge in [0.15, 0.2) is 11.8 Å².